The molecule has 0 saturated heterocycles. The van der Waals surface area contributed by atoms with Crippen LogP contribution < -0.4 is 0 Å². The van der Waals surface area contributed by atoms with Gasteiger partial charge in [0.1, 0.15) is 0 Å². The highest BCUT2D eigenvalue weighted by molar-refractivity contribution is 9.10. The van der Waals surface area contributed by atoms with Gasteiger partial charge in [0.25, 0.3) is 0 Å². The van der Waals surface area contributed by atoms with Crippen LogP contribution in [0.15, 0.2) is 16.6 Å². The van der Waals surface area contributed by atoms with Crippen LogP contribution in [0.5, 0.6) is 0 Å². The van der Waals surface area contributed by atoms with Crippen molar-refractivity contribution in [2.24, 2.45) is 0 Å². The number of aryl methyl sites for hydroxylation is 2. The average molecular weight is 285 g/mol. The van der Waals surface area contributed by atoms with Crippen molar-refractivity contribution in [1.82, 2.24) is 0 Å². The molecule has 0 spiro atoms. The average Bonchev–Trinajstić information content (AvgIpc) is 2.20. The van der Waals surface area contributed by atoms with Gasteiger partial charge in [-0.05, 0) is 37.1 Å². The number of carboxylic acids is 1. The smallest absolute Gasteiger partial charge is 0.303 e. The van der Waals surface area contributed by atoms with Crippen LogP contribution in [0.3, 0.4) is 0 Å². The Balaban J connectivity index is 2.91. The summed E-state index contributed by atoms with van der Waals surface area (Å²) in [5.41, 5.74) is 2.69. The molecule has 1 aromatic rings. The van der Waals surface area contributed by atoms with Crippen molar-refractivity contribution in [2.75, 3.05) is 0 Å². The van der Waals surface area contributed by atoms with E-state index in [1.807, 2.05) is 19.9 Å². The maximum absolute atomic E-state index is 11.7. The Morgan fingerprint density at radius 3 is 2.31 bits per heavy atom. The maximum atomic E-state index is 11.7. The van der Waals surface area contributed by atoms with Crippen molar-refractivity contribution in [1.29, 1.82) is 0 Å². The molecule has 1 aromatic carbocycles. The quantitative estimate of drug-likeness (QED) is 0.865. The van der Waals surface area contributed by atoms with Crippen molar-refractivity contribution in [3.8, 4) is 0 Å². The second-order valence-electron chi connectivity index (χ2n) is 3.73. The van der Waals surface area contributed by atoms with Crippen LogP contribution in [0.25, 0.3) is 0 Å². The van der Waals surface area contributed by atoms with Gasteiger partial charge in [-0.15, -0.1) is 0 Å². The zero-order valence-corrected chi connectivity index (χ0v) is 10.8. The highest BCUT2D eigenvalue weighted by Crippen LogP contribution is 2.23. The molecule has 0 aromatic heterocycles. The van der Waals surface area contributed by atoms with Gasteiger partial charge in [-0.25, -0.2) is 0 Å². The highest BCUT2D eigenvalue weighted by atomic mass is 79.9. The third kappa shape index (κ3) is 3.17. The Morgan fingerprint density at radius 1 is 1.19 bits per heavy atom. The SMILES string of the molecule is Cc1cc(Br)c(C(=O)CCC(=O)O)cc1C. The zero-order chi connectivity index (χ0) is 12.3. The molecule has 0 fully saturated rings. The molecule has 1 rings (SSSR count). The summed E-state index contributed by atoms with van der Waals surface area (Å²) in [5.74, 6) is -1.09. The second-order valence-corrected chi connectivity index (χ2v) is 4.59. The number of Topliss-reactive ketones (excluding diaryl/α,β-unsaturated/α-hetero) is 1. The molecule has 0 unspecified atom stereocenters. The molecule has 0 amide bonds. The number of ketones is 1. The topological polar surface area (TPSA) is 54.4 Å². The van der Waals surface area contributed by atoms with E-state index in [1.165, 1.54) is 0 Å². The number of hydrogen-bond acceptors (Lipinski definition) is 2. The van der Waals surface area contributed by atoms with Crippen LogP contribution in [0.4, 0.5) is 0 Å². The number of halogens is 1. The Labute approximate surface area is 103 Å². The van der Waals surface area contributed by atoms with Crippen molar-refractivity contribution in [3.05, 3.63) is 33.3 Å². The fourth-order valence-corrected chi connectivity index (χ4v) is 2.03. The van der Waals surface area contributed by atoms with E-state index in [9.17, 15) is 9.59 Å². The largest absolute Gasteiger partial charge is 0.481 e. The zero-order valence-electron chi connectivity index (χ0n) is 9.21. The predicted molar refractivity (Wildman–Crippen MR) is 64.8 cm³/mol. The van der Waals surface area contributed by atoms with E-state index in [-0.39, 0.29) is 18.6 Å². The predicted octanol–water partition coefficient (Wildman–Crippen LogP) is 3.11. The van der Waals surface area contributed by atoms with Gasteiger partial charge >= 0.3 is 5.97 Å². The van der Waals surface area contributed by atoms with E-state index >= 15 is 0 Å². The molecule has 16 heavy (non-hydrogen) atoms. The van der Waals surface area contributed by atoms with Crippen molar-refractivity contribution >= 4 is 27.7 Å². The summed E-state index contributed by atoms with van der Waals surface area (Å²) in [6, 6.07) is 3.67. The van der Waals surface area contributed by atoms with E-state index in [2.05, 4.69) is 15.9 Å². The molecule has 0 radical (unpaired) electrons. The normalized spacial score (nSPS) is 10.2. The number of benzene rings is 1. The summed E-state index contributed by atoms with van der Waals surface area (Å²) < 4.78 is 0.728. The molecular weight excluding hydrogens is 272 g/mol. The van der Waals surface area contributed by atoms with Crippen molar-refractivity contribution in [2.45, 2.75) is 26.7 Å². The third-order valence-electron chi connectivity index (χ3n) is 2.45. The minimum Gasteiger partial charge on any atom is -0.481 e. The minimum atomic E-state index is -0.951. The molecule has 0 aliphatic carbocycles. The lowest BCUT2D eigenvalue weighted by Crippen LogP contribution is -2.05. The second kappa shape index (κ2) is 5.25. The third-order valence-corrected chi connectivity index (χ3v) is 3.11. The number of carbonyl (C=O) groups is 2. The molecule has 4 heteroatoms. The molecule has 0 saturated carbocycles. The van der Waals surface area contributed by atoms with Gasteiger partial charge in [0.05, 0.1) is 6.42 Å². The first-order valence-corrected chi connectivity index (χ1v) is 5.73. The summed E-state index contributed by atoms with van der Waals surface area (Å²) in [5, 5.41) is 8.51. The Bertz CT molecular complexity index is 438. The van der Waals surface area contributed by atoms with E-state index in [0.29, 0.717) is 5.56 Å². The lowest BCUT2D eigenvalue weighted by Gasteiger charge is -2.07. The summed E-state index contributed by atoms with van der Waals surface area (Å²) in [6.45, 7) is 3.89. The first-order valence-electron chi connectivity index (χ1n) is 4.93. The van der Waals surface area contributed by atoms with Crippen LogP contribution >= 0.6 is 15.9 Å². The molecule has 0 atom stereocenters. The summed E-state index contributed by atoms with van der Waals surface area (Å²) >= 11 is 3.32. The summed E-state index contributed by atoms with van der Waals surface area (Å²) in [7, 11) is 0. The monoisotopic (exact) mass is 284 g/mol. The number of aliphatic carboxylic acids is 1. The lowest BCUT2D eigenvalue weighted by molar-refractivity contribution is -0.136. The van der Waals surface area contributed by atoms with E-state index in [0.717, 1.165) is 15.6 Å². The van der Waals surface area contributed by atoms with Crippen molar-refractivity contribution in [3.63, 3.8) is 0 Å². The Hall–Kier alpha value is -1.16. The molecule has 0 bridgehead atoms. The summed E-state index contributed by atoms with van der Waals surface area (Å²) in [4.78, 5) is 22.1. The van der Waals surface area contributed by atoms with Gasteiger partial charge < -0.3 is 5.11 Å². The molecule has 1 N–H and O–H groups in total. The van der Waals surface area contributed by atoms with Gasteiger partial charge in [0.2, 0.25) is 0 Å². The molecular formula is C12H13BrO3. The Morgan fingerprint density at radius 2 is 1.75 bits per heavy atom. The van der Waals surface area contributed by atoms with Gasteiger partial charge in [0.15, 0.2) is 5.78 Å². The van der Waals surface area contributed by atoms with Crippen LogP contribution in [0.1, 0.15) is 34.3 Å². The van der Waals surface area contributed by atoms with Gasteiger partial charge in [-0.3, -0.25) is 9.59 Å². The maximum Gasteiger partial charge on any atom is 0.303 e. The number of rotatable bonds is 4. The first kappa shape index (κ1) is 12.9. The van der Waals surface area contributed by atoms with E-state index in [4.69, 9.17) is 5.11 Å². The lowest BCUT2D eigenvalue weighted by atomic mass is 10.0. The molecule has 0 aliphatic rings. The van der Waals surface area contributed by atoms with Crippen LogP contribution in [0.2, 0.25) is 0 Å². The van der Waals surface area contributed by atoms with E-state index in [1.54, 1.807) is 6.07 Å². The minimum absolute atomic E-state index is 0.0381. The van der Waals surface area contributed by atoms with Gasteiger partial charge in [-0.2, -0.15) is 0 Å². The molecule has 0 heterocycles. The number of carboxylic acid groups (broad SMARTS) is 1. The van der Waals surface area contributed by atoms with Crippen LogP contribution in [0, 0.1) is 13.8 Å². The number of carbonyl (C=O) groups excluding carboxylic acids is 1. The highest BCUT2D eigenvalue weighted by Gasteiger charge is 2.12. The number of hydrogen-bond donors (Lipinski definition) is 1. The Kier molecular flexibility index (Phi) is 4.24. The molecule has 0 aliphatic heterocycles. The standard InChI is InChI=1S/C12H13BrO3/c1-7-5-9(10(13)6-8(7)2)11(14)3-4-12(15)16/h5-6H,3-4H2,1-2H3,(H,15,16). The summed E-state index contributed by atoms with van der Waals surface area (Å²) in [6.07, 6.45) is -0.0887. The molecule has 86 valence electrons. The fraction of sp³-hybridized carbons (Fsp3) is 0.333. The van der Waals surface area contributed by atoms with Gasteiger partial charge in [-0.1, -0.05) is 15.9 Å². The first-order chi connectivity index (χ1) is 7.41. The van der Waals surface area contributed by atoms with Crippen LogP contribution in [-0.4, -0.2) is 16.9 Å². The fourth-order valence-electron chi connectivity index (χ4n) is 1.35. The molecule has 3 nitrogen and oxygen atoms in total. The van der Waals surface area contributed by atoms with Crippen molar-refractivity contribution < 1.29 is 14.7 Å². The van der Waals surface area contributed by atoms with E-state index < -0.39 is 5.97 Å². The van der Waals surface area contributed by atoms with Crippen LogP contribution in [-0.2, 0) is 4.79 Å². The van der Waals surface area contributed by atoms with Gasteiger partial charge in [0, 0.05) is 16.5 Å².